The zero-order valence-electron chi connectivity index (χ0n) is 10.4. The Balaban J connectivity index is 3.45. The van der Waals surface area contributed by atoms with Crippen molar-refractivity contribution in [2.45, 2.75) is 20.8 Å². The molecule has 0 aromatic carbocycles. The molecule has 0 heterocycles. The topological polar surface area (TPSA) is 46.2 Å². The van der Waals surface area contributed by atoms with Crippen molar-refractivity contribution in [1.82, 2.24) is 0 Å². The molecule has 0 aromatic rings. The van der Waals surface area contributed by atoms with Gasteiger partial charge in [-0.2, -0.15) is 0 Å². The molecular weight excluding hydrogens is 231 g/mol. The lowest BCUT2D eigenvalue weighted by Gasteiger charge is -2.15. The standard InChI is InChI=1S/C10H23O5P/c1-4-11-7-9-14-16(13-6-3)15-10-8-12-5-2/h4-10H2,1-3H3. The van der Waals surface area contributed by atoms with Gasteiger partial charge in [-0.25, -0.2) is 0 Å². The summed E-state index contributed by atoms with van der Waals surface area (Å²) in [6.07, 6.45) is 0. The Labute approximate surface area is 99.4 Å². The fourth-order valence-electron chi connectivity index (χ4n) is 0.847. The number of ether oxygens (including phenoxy) is 2. The lowest BCUT2D eigenvalue weighted by atomic mass is 10.8. The van der Waals surface area contributed by atoms with Gasteiger partial charge in [-0.05, 0) is 20.8 Å². The van der Waals surface area contributed by atoms with Crippen molar-refractivity contribution in [1.29, 1.82) is 0 Å². The highest BCUT2D eigenvalue weighted by Crippen LogP contribution is 2.38. The summed E-state index contributed by atoms with van der Waals surface area (Å²) < 4.78 is 26.4. The molecule has 0 aliphatic heterocycles. The molecule has 0 aromatic heterocycles. The van der Waals surface area contributed by atoms with E-state index >= 15 is 0 Å². The van der Waals surface area contributed by atoms with Crippen LogP contribution in [0.3, 0.4) is 0 Å². The van der Waals surface area contributed by atoms with Crippen LogP contribution in [-0.2, 0) is 23.0 Å². The Morgan fingerprint density at radius 3 is 1.50 bits per heavy atom. The third-order valence-electron chi connectivity index (χ3n) is 1.49. The summed E-state index contributed by atoms with van der Waals surface area (Å²) in [6, 6.07) is 0. The van der Waals surface area contributed by atoms with E-state index in [1.54, 1.807) is 0 Å². The van der Waals surface area contributed by atoms with Crippen LogP contribution >= 0.6 is 8.60 Å². The van der Waals surface area contributed by atoms with Gasteiger partial charge < -0.3 is 23.0 Å². The molecule has 0 aliphatic carbocycles. The van der Waals surface area contributed by atoms with Crippen LogP contribution in [0.2, 0.25) is 0 Å². The van der Waals surface area contributed by atoms with Crippen molar-refractivity contribution in [3.05, 3.63) is 0 Å². The molecule has 0 radical (unpaired) electrons. The third-order valence-corrected chi connectivity index (χ3v) is 2.75. The molecule has 0 amide bonds. The van der Waals surface area contributed by atoms with Gasteiger partial charge in [-0.1, -0.05) is 0 Å². The molecule has 0 saturated carbocycles. The van der Waals surface area contributed by atoms with Crippen molar-refractivity contribution < 1.29 is 23.0 Å². The van der Waals surface area contributed by atoms with E-state index in [-0.39, 0.29) is 0 Å². The molecule has 0 unspecified atom stereocenters. The van der Waals surface area contributed by atoms with Crippen LogP contribution in [0.5, 0.6) is 0 Å². The first-order valence-corrected chi connectivity index (χ1v) is 6.79. The van der Waals surface area contributed by atoms with E-state index in [0.29, 0.717) is 46.2 Å². The minimum absolute atomic E-state index is 0.494. The predicted molar refractivity (Wildman–Crippen MR) is 63.4 cm³/mol. The van der Waals surface area contributed by atoms with Gasteiger partial charge in [0.25, 0.3) is 0 Å². The van der Waals surface area contributed by atoms with E-state index in [2.05, 4.69) is 0 Å². The zero-order valence-corrected chi connectivity index (χ0v) is 11.3. The maximum Gasteiger partial charge on any atom is 0.332 e. The van der Waals surface area contributed by atoms with Crippen LogP contribution in [-0.4, -0.2) is 46.2 Å². The Morgan fingerprint density at radius 2 is 1.12 bits per heavy atom. The van der Waals surface area contributed by atoms with E-state index in [0.717, 1.165) is 0 Å². The number of hydrogen-bond donors (Lipinski definition) is 0. The van der Waals surface area contributed by atoms with Gasteiger partial charge in [0.2, 0.25) is 0 Å². The molecule has 16 heavy (non-hydrogen) atoms. The lowest BCUT2D eigenvalue weighted by Crippen LogP contribution is -2.06. The molecule has 0 aliphatic rings. The molecular formula is C10H23O5P. The number of hydrogen-bond acceptors (Lipinski definition) is 5. The first-order chi connectivity index (χ1) is 7.85. The Hall–Kier alpha value is 0.230. The normalized spacial score (nSPS) is 11.2. The summed E-state index contributed by atoms with van der Waals surface area (Å²) in [5.41, 5.74) is 0. The van der Waals surface area contributed by atoms with Gasteiger partial charge in [0, 0.05) is 13.2 Å². The summed E-state index contributed by atoms with van der Waals surface area (Å²) in [5, 5.41) is 0. The monoisotopic (exact) mass is 254 g/mol. The average Bonchev–Trinajstić information content (AvgIpc) is 2.30. The molecule has 0 atom stereocenters. The van der Waals surface area contributed by atoms with Crippen LogP contribution in [0, 0.1) is 0 Å². The second-order valence-corrected chi connectivity index (χ2v) is 3.92. The summed E-state index contributed by atoms with van der Waals surface area (Å²) >= 11 is 0. The number of rotatable bonds is 12. The van der Waals surface area contributed by atoms with Crippen molar-refractivity contribution in [3.8, 4) is 0 Å². The van der Waals surface area contributed by atoms with Crippen molar-refractivity contribution >= 4 is 8.60 Å². The molecule has 0 fully saturated rings. The smallest absolute Gasteiger partial charge is 0.332 e. The third kappa shape index (κ3) is 10.7. The van der Waals surface area contributed by atoms with Crippen LogP contribution in [0.25, 0.3) is 0 Å². The molecule has 98 valence electrons. The minimum atomic E-state index is -1.25. The van der Waals surface area contributed by atoms with Crippen LogP contribution in [0.15, 0.2) is 0 Å². The first kappa shape index (κ1) is 16.2. The van der Waals surface area contributed by atoms with Crippen LogP contribution in [0.1, 0.15) is 20.8 Å². The fraction of sp³-hybridized carbons (Fsp3) is 1.00. The first-order valence-electron chi connectivity index (χ1n) is 5.69. The second-order valence-electron chi connectivity index (χ2n) is 2.70. The molecule has 0 spiro atoms. The van der Waals surface area contributed by atoms with Crippen LogP contribution < -0.4 is 0 Å². The lowest BCUT2D eigenvalue weighted by molar-refractivity contribution is 0.0726. The Morgan fingerprint density at radius 1 is 0.625 bits per heavy atom. The van der Waals surface area contributed by atoms with Gasteiger partial charge in [0.05, 0.1) is 33.0 Å². The van der Waals surface area contributed by atoms with Gasteiger partial charge in [0.15, 0.2) is 0 Å². The van der Waals surface area contributed by atoms with E-state index in [1.807, 2.05) is 20.8 Å². The van der Waals surface area contributed by atoms with Gasteiger partial charge in [-0.3, -0.25) is 0 Å². The van der Waals surface area contributed by atoms with E-state index in [9.17, 15) is 0 Å². The molecule has 0 saturated heterocycles. The van der Waals surface area contributed by atoms with Gasteiger partial charge >= 0.3 is 8.60 Å². The predicted octanol–water partition coefficient (Wildman–Crippen LogP) is 2.36. The van der Waals surface area contributed by atoms with E-state index in [4.69, 9.17) is 23.0 Å². The minimum Gasteiger partial charge on any atom is -0.379 e. The summed E-state index contributed by atoms with van der Waals surface area (Å²) in [6.45, 7) is 9.90. The highest BCUT2D eigenvalue weighted by Gasteiger charge is 2.10. The summed E-state index contributed by atoms with van der Waals surface area (Å²) in [5.74, 6) is 0. The molecule has 5 nitrogen and oxygen atoms in total. The highest BCUT2D eigenvalue weighted by molar-refractivity contribution is 7.41. The molecule has 0 rings (SSSR count). The highest BCUT2D eigenvalue weighted by atomic mass is 31.2. The molecule has 0 N–H and O–H groups in total. The van der Waals surface area contributed by atoms with E-state index < -0.39 is 8.60 Å². The SMILES string of the molecule is CCOCCOP(OCC)OCCOCC. The quantitative estimate of drug-likeness (QED) is 0.395. The maximum absolute atomic E-state index is 5.40. The zero-order chi connectivity index (χ0) is 12.1. The van der Waals surface area contributed by atoms with Gasteiger partial charge in [0.1, 0.15) is 0 Å². The summed E-state index contributed by atoms with van der Waals surface area (Å²) in [4.78, 5) is 0. The largest absolute Gasteiger partial charge is 0.379 e. The van der Waals surface area contributed by atoms with Crippen LogP contribution in [0.4, 0.5) is 0 Å². The maximum atomic E-state index is 5.40. The van der Waals surface area contributed by atoms with E-state index in [1.165, 1.54) is 0 Å². The Bertz CT molecular complexity index is 124. The second kappa shape index (κ2) is 13.3. The Kier molecular flexibility index (Phi) is 13.5. The van der Waals surface area contributed by atoms with Gasteiger partial charge in [-0.15, -0.1) is 0 Å². The van der Waals surface area contributed by atoms with Crippen molar-refractivity contribution in [2.24, 2.45) is 0 Å². The fourth-order valence-corrected chi connectivity index (χ4v) is 1.73. The van der Waals surface area contributed by atoms with Crippen molar-refractivity contribution in [3.63, 3.8) is 0 Å². The summed E-state index contributed by atoms with van der Waals surface area (Å²) in [7, 11) is -1.25. The van der Waals surface area contributed by atoms with Crippen molar-refractivity contribution in [2.75, 3.05) is 46.2 Å². The molecule has 0 bridgehead atoms. The molecule has 6 heteroatoms. The average molecular weight is 254 g/mol.